The third-order valence-corrected chi connectivity index (χ3v) is 3.96. The molecular formula is C16H26N2O2. The lowest BCUT2D eigenvalue weighted by Crippen LogP contribution is -2.47. The van der Waals surface area contributed by atoms with E-state index < -0.39 is 0 Å². The van der Waals surface area contributed by atoms with E-state index in [1.165, 1.54) is 0 Å². The van der Waals surface area contributed by atoms with E-state index in [4.69, 9.17) is 15.2 Å². The van der Waals surface area contributed by atoms with Crippen LogP contribution >= 0.6 is 0 Å². The molecule has 0 aromatic heterocycles. The van der Waals surface area contributed by atoms with E-state index in [1.54, 1.807) is 0 Å². The van der Waals surface area contributed by atoms with E-state index in [-0.39, 0.29) is 6.10 Å². The van der Waals surface area contributed by atoms with E-state index in [0.29, 0.717) is 12.6 Å². The van der Waals surface area contributed by atoms with Crippen molar-refractivity contribution in [3.63, 3.8) is 0 Å². The molecule has 1 aromatic rings. The van der Waals surface area contributed by atoms with Gasteiger partial charge >= 0.3 is 0 Å². The Morgan fingerprint density at radius 1 is 1.40 bits per heavy atom. The molecule has 1 atom stereocenters. The summed E-state index contributed by atoms with van der Waals surface area (Å²) in [6.07, 6.45) is 0.131. The van der Waals surface area contributed by atoms with Gasteiger partial charge in [0.2, 0.25) is 0 Å². The molecule has 1 aliphatic rings. The van der Waals surface area contributed by atoms with Crippen LogP contribution in [-0.2, 0) is 4.74 Å². The Morgan fingerprint density at radius 3 is 2.85 bits per heavy atom. The minimum absolute atomic E-state index is 0.131. The third-order valence-electron chi connectivity index (χ3n) is 3.96. The highest BCUT2D eigenvalue weighted by Crippen LogP contribution is 2.28. The van der Waals surface area contributed by atoms with E-state index >= 15 is 0 Å². The van der Waals surface area contributed by atoms with Crippen LogP contribution in [0.2, 0.25) is 0 Å². The molecule has 2 N–H and O–H groups in total. The molecular weight excluding hydrogens is 252 g/mol. The first-order valence-electron chi connectivity index (χ1n) is 7.33. The largest absolute Gasteiger partial charge is 0.490 e. The Morgan fingerprint density at radius 2 is 2.15 bits per heavy atom. The molecule has 0 saturated carbocycles. The zero-order valence-corrected chi connectivity index (χ0v) is 13.0. The van der Waals surface area contributed by atoms with Crippen LogP contribution in [0.1, 0.15) is 25.0 Å². The van der Waals surface area contributed by atoms with Crippen LogP contribution < -0.4 is 10.5 Å². The molecule has 0 radical (unpaired) electrons. The van der Waals surface area contributed by atoms with Gasteiger partial charge < -0.3 is 15.2 Å². The van der Waals surface area contributed by atoms with Crippen LogP contribution in [0.4, 0.5) is 5.69 Å². The summed E-state index contributed by atoms with van der Waals surface area (Å²) < 4.78 is 11.8. The Bertz CT molecular complexity index is 460. The van der Waals surface area contributed by atoms with Gasteiger partial charge in [-0.2, -0.15) is 0 Å². The lowest BCUT2D eigenvalue weighted by molar-refractivity contribution is -0.0565. The molecule has 0 aliphatic carbocycles. The fourth-order valence-electron chi connectivity index (χ4n) is 2.55. The number of morpholine rings is 1. The van der Waals surface area contributed by atoms with Crippen LogP contribution in [-0.4, -0.2) is 43.3 Å². The Labute approximate surface area is 121 Å². The number of benzene rings is 1. The summed E-state index contributed by atoms with van der Waals surface area (Å²) >= 11 is 0. The maximum atomic E-state index is 5.98. The highest BCUT2D eigenvalue weighted by atomic mass is 16.5. The SMILES string of the molecule is Cc1ccc(N)c(C)c1OCC1CN(C(C)C)CCO1. The van der Waals surface area contributed by atoms with Gasteiger partial charge in [0.05, 0.1) is 6.61 Å². The molecule has 4 heteroatoms. The third kappa shape index (κ3) is 3.44. The fraction of sp³-hybridized carbons (Fsp3) is 0.625. The molecule has 1 fully saturated rings. The van der Waals surface area contributed by atoms with E-state index in [0.717, 1.165) is 42.3 Å². The number of hydrogen-bond donors (Lipinski definition) is 1. The second-order valence-electron chi connectivity index (χ2n) is 5.82. The molecule has 1 heterocycles. The summed E-state index contributed by atoms with van der Waals surface area (Å²) in [5.74, 6) is 0.898. The lowest BCUT2D eigenvalue weighted by Gasteiger charge is -2.35. The molecule has 0 bridgehead atoms. The van der Waals surface area contributed by atoms with Gasteiger partial charge in [-0.15, -0.1) is 0 Å². The smallest absolute Gasteiger partial charge is 0.127 e. The Hall–Kier alpha value is -1.26. The van der Waals surface area contributed by atoms with Crippen LogP contribution in [0.15, 0.2) is 12.1 Å². The maximum Gasteiger partial charge on any atom is 0.127 e. The molecule has 112 valence electrons. The standard InChI is InChI=1S/C16H26N2O2/c1-11(2)18-7-8-19-14(9-18)10-20-16-12(3)5-6-15(17)13(16)4/h5-6,11,14H,7-10,17H2,1-4H3. The van der Waals surface area contributed by atoms with Crippen molar-refractivity contribution in [1.29, 1.82) is 0 Å². The number of anilines is 1. The quantitative estimate of drug-likeness (QED) is 0.859. The van der Waals surface area contributed by atoms with Crippen LogP contribution in [0.3, 0.4) is 0 Å². The summed E-state index contributed by atoms with van der Waals surface area (Å²) in [6.45, 7) is 11.8. The summed E-state index contributed by atoms with van der Waals surface area (Å²) in [7, 11) is 0. The second kappa shape index (κ2) is 6.46. The summed E-state index contributed by atoms with van der Waals surface area (Å²) in [5.41, 5.74) is 8.85. The molecule has 0 spiro atoms. The molecule has 1 saturated heterocycles. The number of nitrogen functional groups attached to an aromatic ring is 1. The fourth-order valence-corrected chi connectivity index (χ4v) is 2.55. The topological polar surface area (TPSA) is 47.7 Å². The number of ether oxygens (including phenoxy) is 2. The van der Waals surface area contributed by atoms with Crippen molar-refractivity contribution < 1.29 is 9.47 Å². The monoisotopic (exact) mass is 278 g/mol. The average molecular weight is 278 g/mol. The van der Waals surface area contributed by atoms with E-state index in [2.05, 4.69) is 18.7 Å². The molecule has 20 heavy (non-hydrogen) atoms. The van der Waals surface area contributed by atoms with Crippen LogP contribution in [0.5, 0.6) is 5.75 Å². The molecule has 2 rings (SSSR count). The second-order valence-corrected chi connectivity index (χ2v) is 5.82. The number of aryl methyl sites for hydroxylation is 1. The maximum absolute atomic E-state index is 5.98. The van der Waals surface area contributed by atoms with Crippen molar-refractivity contribution in [3.05, 3.63) is 23.3 Å². The first kappa shape index (κ1) is 15.1. The zero-order valence-electron chi connectivity index (χ0n) is 13.0. The number of hydrogen-bond acceptors (Lipinski definition) is 4. The zero-order chi connectivity index (χ0) is 14.7. The summed E-state index contributed by atoms with van der Waals surface area (Å²) in [4.78, 5) is 2.43. The summed E-state index contributed by atoms with van der Waals surface area (Å²) in [5, 5.41) is 0. The van der Waals surface area contributed by atoms with Crippen molar-refractivity contribution >= 4 is 5.69 Å². The van der Waals surface area contributed by atoms with Crippen molar-refractivity contribution in [2.45, 2.75) is 39.8 Å². The number of nitrogens with two attached hydrogens (primary N) is 1. The van der Waals surface area contributed by atoms with Crippen molar-refractivity contribution in [2.75, 3.05) is 32.0 Å². The van der Waals surface area contributed by atoms with Gasteiger partial charge in [-0.05, 0) is 39.3 Å². The van der Waals surface area contributed by atoms with Gasteiger partial charge in [0.25, 0.3) is 0 Å². The summed E-state index contributed by atoms with van der Waals surface area (Å²) in [6, 6.07) is 4.48. The molecule has 1 unspecified atom stereocenters. The Kier molecular flexibility index (Phi) is 4.89. The molecule has 0 amide bonds. The van der Waals surface area contributed by atoms with Gasteiger partial charge in [0.1, 0.15) is 18.5 Å². The molecule has 4 nitrogen and oxygen atoms in total. The van der Waals surface area contributed by atoms with Crippen molar-refractivity contribution in [1.82, 2.24) is 4.90 Å². The van der Waals surface area contributed by atoms with E-state index in [1.807, 2.05) is 26.0 Å². The molecule has 1 aromatic carbocycles. The van der Waals surface area contributed by atoms with Crippen molar-refractivity contribution in [3.8, 4) is 5.75 Å². The first-order valence-corrected chi connectivity index (χ1v) is 7.33. The van der Waals surface area contributed by atoms with Crippen LogP contribution in [0, 0.1) is 13.8 Å². The number of rotatable bonds is 4. The van der Waals surface area contributed by atoms with Gasteiger partial charge in [-0.3, -0.25) is 4.90 Å². The predicted molar refractivity (Wildman–Crippen MR) is 82.3 cm³/mol. The van der Waals surface area contributed by atoms with Crippen LogP contribution in [0.25, 0.3) is 0 Å². The van der Waals surface area contributed by atoms with Gasteiger partial charge in [-0.1, -0.05) is 6.07 Å². The minimum Gasteiger partial charge on any atom is -0.490 e. The Balaban J connectivity index is 1.97. The molecule has 1 aliphatic heterocycles. The first-order chi connectivity index (χ1) is 9.49. The van der Waals surface area contributed by atoms with Crippen molar-refractivity contribution in [2.24, 2.45) is 0 Å². The van der Waals surface area contributed by atoms with Gasteiger partial charge in [0, 0.05) is 30.4 Å². The van der Waals surface area contributed by atoms with Gasteiger partial charge in [0.15, 0.2) is 0 Å². The average Bonchev–Trinajstić information content (AvgIpc) is 2.43. The predicted octanol–water partition coefficient (Wildman–Crippen LogP) is 2.37. The minimum atomic E-state index is 0.131. The highest BCUT2D eigenvalue weighted by Gasteiger charge is 2.23. The lowest BCUT2D eigenvalue weighted by atomic mass is 10.1. The van der Waals surface area contributed by atoms with E-state index in [9.17, 15) is 0 Å². The van der Waals surface area contributed by atoms with Gasteiger partial charge in [-0.25, -0.2) is 0 Å². The normalized spacial score (nSPS) is 20.4. The highest BCUT2D eigenvalue weighted by molar-refractivity contribution is 5.56. The number of nitrogens with zero attached hydrogens (tertiary/aromatic N) is 1.